The van der Waals surface area contributed by atoms with E-state index in [-0.39, 0.29) is 5.91 Å². The van der Waals surface area contributed by atoms with Gasteiger partial charge in [0, 0.05) is 4.47 Å². The van der Waals surface area contributed by atoms with E-state index in [1.54, 1.807) is 5.01 Å². The first-order chi connectivity index (χ1) is 11.6. The Morgan fingerprint density at radius 2 is 1.42 bits per heavy atom. The number of carbonyl (C=O) groups is 1. The van der Waals surface area contributed by atoms with Crippen LogP contribution >= 0.6 is 15.9 Å². The third-order valence-electron chi connectivity index (χ3n) is 3.42. The quantitative estimate of drug-likeness (QED) is 0.636. The number of para-hydroxylation sites is 2. The predicted octanol–water partition coefficient (Wildman–Crippen LogP) is 5.07. The highest BCUT2D eigenvalue weighted by molar-refractivity contribution is 9.10. The van der Waals surface area contributed by atoms with Gasteiger partial charge in [0.25, 0.3) is 5.91 Å². The summed E-state index contributed by atoms with van der Waals surface area (Å²) in [5.41, 5.74) is 4.85. The van der Waals surface area contributed by atoms with Crippen LogP contribution < -0.4 is 10.4 Å². The van der Waals surface area contributed by atoms with Gasteiger partial charge in [0.1, 0.15) is 5.82 Å². The molecule has 5 heteroatoms. The highest BCUT2D eigenvalue weighted by atomic mass is 79.9. The summed E-state index contributed by atoms with van der Waals surface area (Å²) in [6.07, 6.45) is 0. The second-order valence-electron chi connectivity index (χ2n) is 5.07. The fourth-order valence-electron chi connectivity index (χ4n) is 2.27. The van der Waals surface area contributed by atoms with E-state index < -0.39 is 5.82 Å². The fourth-order valence-corrected chi connectivity index (χ4v) is 2.80. The van der Waals surface area contributed by atoms with Gasteiger partial charge in [0.15, 0.2) is 0 Å². The lowest BCUT2D eigenvalue weighted by Gasteiger charge is -2.25. The number of hydrogen-bond donors (Lipinski definition) is 1. The van der Waals surface area contributed by atoms with Crippen molar-refractivity contribution in [2.45, 2.75) is 0 Å². The van der Waals surface area contributed by atoms with Gasteiger partial charge in [-0.15, -0.1) is 0 Å². The van der Waals surface area contributed by atoms with Crippen LogP contribution in [-0.4, -0.2) is 5.91 Å². The van der Waals surface area contributed by atoms with Crippen molar-refractivity contribution in [1.29, 1.82) is 0 Å². The minimum absolute atomic E-state index is 0.338. The van der Waals surface area contributed by atoms with Gasteiger partial charge in [0.05, 0.1) is 16.9 Å². The maximum absolute atomic E-state index is 13.2. The molecule has 0 bridgehead atoms. The summed E-state index contributed by atoms with van der Waals surface area (Å²) in [5, 5.41) is 1.69. The minimum atomic E-state index is -0.401. The van der Waals surface area contributed by atoms with E-state index in [1.807, 2.05) is 60.7 Å². The van der Waals surface area contributed by atoms with E-state index in [2.05, 4.69) is 21.4 Å². The minimum Gasteiger partial charge on any atom is -0.267 e. The van der Waals surface area contributed by atoms with Gasteiger partial charge in [-0.1, -0.05) is 36.4 Å². The summed E-state index contributed by atoms with van der Waals surface area (Å²) in [6, 6.07) is 22.9. The molecule has 3 rings (SSSR count). The molecule has 0 atom stereocenters. The van der Waals surface area contributed by atoms with Crippen LogP contribution in [0, 0.1) is 5.82 Å². The van der Waals surface area contributed by atoms with Gasteiger partial charge in [-0.2, -0.15) is 0 Å². The Kier molecular flexibility index (Phi) is 4.91. The number of amides is 1. The van der Waals surface area contributed by atoms with E-state index in [0.717, 1.165) is 11.4 Å². The molecular formula is C19H14BrFN2O. The summed E-state index contributed by atoms with van der Waals surface area (Å²) in [4.78, 5) is 12.6. The topological polar surface area (TPSA) is 32.3 Å². The van der Waals surface area contributed by atoms with Gasteiger partial charge in [-0.25, -0.2) is 4.39 Å². The Hall–Kier alpha value is -2.66. The molecule has 24 heavy (non-hydrogen) atoms. The first-order valence-electron chi connectivity index (χ1n) is 7.31. The predicted molar refractivity (Wildman–Crippen MR) is 96.6 cm³/mol. The van der Waals surface area contributed by atoms with Crippen molar-refractivity contribution in [2.24, 2.45) is 0 Å². The Morgan fingerprint density at radius 1 is 0.875 bits per heavy atom. The van der Waals surface area contributed by atoms with Crippen molar-refractivity contribution >= 4 is 33.2 Å². The van der Waals surface area contributed by atoms with Crippen LogP contribution in [0.3, 0.4) is 0 Å². The number of nitrogens with zero attached hydrogens (tertiary/aromatic N) is 1. The third-order valence-corrected chi connectivity index (χ3v) is 4.07. The Morgan fingerprint density at radius 3 is 1.92 bits per heavy atom. The molecule has 0 fully saturated rings. The summed E-state index contributed by atoms with van der Waals surface area (Å²) >= 11 is 3.23. The highest BCUT2D eigenvalue weighted by Gasteiger charge is 2.16. The van der Waals surface area contributed by atoms with Crippen molar-refractivity contribution < 1.29 is 9.18 Å². The van der Waals surface area contributed by atoms with E-state index in [0.29, 0.717) is 10.0 Å². The molecule has 0 aliphatic carbocycles. The van der Waals surface area contributed by atoms with Crippen molar-refractivity contribution in [2.75, 3.05) is 5.01 Å². The van der Waals surface area contributed by atoms with Gasteiger partial charge in [0.2, 0.25) is 0 Å². The SMILES string of the molecule is O=C(NN(c1ccccc1)c1ccccc1)c1ccc(F)cc1Br. The monoisotopic (exact) mass is 384 g/mol. The number of rotatable bonds is 4. The standard InChI is InChI=1S/C19H14BrFN2O/c20-18-13-14(21)11-12-17(18)19(24)22-23(15-7-3-1-4-8-15)16-9-5-2-6-10-16/h1-13H,(H,22,24). The van der Waals surface area contributed by atoms with Gasteiger partial charge in [-0.3, -0.25) is 15.2 Å². The lowest BCUT2D eigenvalue weighted by molar-refractivity contribution is 0.0953. The summed E-state index contributed by atoms with van der Waals surface area (Å²) in [6.45, 7) is 0. The van der Waals surface area contributed by atoms with Crippen molar-refractivity contribution in [1.82, 2.24) is 5.43 Å². The van der Waals surface area contributed by atoms with Gasteiger partial charge in [-0.05, 0) is 58.4 Å². The number of anilines is 2. The first-order valence-corrected chi connectivity index (χ1v) is 8.11. The Labute approximate surface area is 147 Å². The summed E-state index contributed by atoms with van der Waals surface area (Å²) in [5.74, 6) is -0.740. The zero-order valence-electron chi connectivity index (χ0n) is 12.6. The zero-order valence-corrected chi connectivity index (χ0v) is 14.2. The fraction of sp³-hybridized carbons (Fsp3) is 0. The average Bonchev–Trinajstić information content (AvgIpc) is 2.61. The van der Waals surface area contributed by atoms with E-state index >= 15 is 0 Å². The van der Waals surface area contributed by atoms with Crippen LogP contribution in [0.15, 0.2) is 83.3 Å². The Balaban J connectivity index is 1.94. The molecular weight excluding hydrogens is 371 g/mol. The molecule has 0 saturated heterocycles. The zero-order chi connectivity index (χ0) is 16.9. The van der Waals surface area contributed by atoms with Crippen LogP contribution in [-0.2, 0) is 0 Å². The maximum Gasteiger partial charge on any atom is 0.271 e. The molecule has 0 heterocycles. The van der Waals surface area contributed by atoms with Crippen molar-refractivity contribution in [3.63, 3.8) is 0 Å². The lowest BCUT2D eigenvalue weighted by atomic mass is 10.2. The molecule has 0 aromatic heterocycles. The molecule has 3 aromatic rings. The summed E-state index contributed by atoms with van der Waals surface area (Å²) < 4.78 is 13.6. The van der Waals surface area contributed by atoms with Crippen LogP contribution in [0.4, 0.5) is 15.8 Å². The van der Waals surface area contributed by atoms with E-state index in [4.69, 9.17) is 0 Å². The second-order valence-corrected chi connectivity index (χ2v) is 5.93. The van der Waals surface area contributed by atoms with Crippen molar-refractivity contribution in [3.05, 3.63) is 94.7 Å². The molecule has 120 valence electrons. The number of nitrogens with one attached hydrogen (secondary N) is 1. The van der Waals surface area contributed by atoms with Crippen LogP contribution in [0.5, 0.6) is 0 Å². The smallest absolute Gasteiger partial charge is 0.267 e. The lowest BCUT2D eigenvalue weighted by Crippen LogP contribution is -2.39. The molecule has 0 unspecified atom stereocenters. The van der Waals surface area contributed by atoms with Gasteiger partial charge >= 0.3 is 0 Å². The largest absolute Gasteiger partial charge is 0.271 e. The third kappa shape index (κ3) is 3.63. The number of hydrogen-bond acceptors (Lipinski definition) is 2. The molecule has 0 saturated carbocycles. The van der Waals surface area contributed by atoms with E-state index in [9.17, 15) is 9.18 Å². The molecule has 3 nitrogen and oxygen atoms in total. The number of carbonyl (C=O) groups excluding carboxylic acids is 1. The number of benzene rings is 3. The molecule has 1 N–H and O–H groups in total. The molecule has 0 aliphatic rings. The normalized spacial score (nSPS) is 10.2. The van der Waals surface area contributed by atoms with Crippen molar-refractivity contribution in [3.8, 4) is 0 Å². The van der Waals surface area contributed by atoms with Crippen LogP contribution in [0.25, 0.3) is 0 Å². The second kappa shape index (κ2) is 7.27. The Bertz CT molecular complexity index is 801. The summed E-state index contributed by atoms with van der Waals surface area (Å²) in [7, 11) is 0. The van der Waals surface area contributed by atoms with Gasteiger partial charge < -0.3 is 0 Å². The highest BCUT2D eigenvalue weighted by Crippen LogP contribution is 2.24. The van der Waals surface area contributed by atoms with Crippen LogP contribution in [0.1, 0.15) is 10.4 Å². The molecule has 0 aliphatic heterocycles. The molecule has 1 amide bonds. The number of hydrazine groups is 1. The molecule has 0 radical (unpaired) electrons. The van der Waals surface area contributed by atoms with E-state index in [1.165, 1.54) is 18.2 Å². The molecule has 3 aromatic carbocycles. The molecule has 0 spiro atoms. The number of halogens is 2. The van der Waals surface area contributed by atoms with Crippen LogP contribution in [0.2, 0.25) is 0 Å². The first kappa shape index (κ1) is 16.2. The average molecular weight is 385 g/mol. The maximum atomic E-state index is 13.2.